The Labute approximate surface area is 158 Å². The van der Waals surface area contributed by atoms with Gasteiger partial charge in [0, 0.05) is 32.2 Å². The lowest BCUT2D eigenvalue weighted by Crippen LogP contribution is -2.36. The highest BCUT2D eigenvalue weighted by atomic mass is 16.5. The first-order valence-electron chi connectivity index (χ1n) is 9.29. The van der Waals surface area contributed by atoms with Gasteiger partial charge >= 0.3 is 0 Å². The lowest BCUT2D eigenvalue weighted by Gasteiger charge is -2.29. The third kappa shape index (κ3) is 3.41. The molecular formula is C20H24N4O3. The van der Waals surface area contributed by atoms with Crippen LogP contribution in [0.5, 0.6) is 11.5 Å². The smallest absolute Gasteiger partial charge is 0.272 e. The van der Waals surface area contributed by atoms with Crippen LogP contribution >= 0.6 is 0 Å². The lowest BCUT2D eigenvalue weighted by molar-refractivity contribution is 0.0728. The topological polar surface area (TPSA) is 67.8 Å². The number of ether oxygens (including phenoxy) is 2. The highest BCUT2D eigenvalue weighted by Gasteiger charge is 2.25. The molecule has 1 aromatic heterocycles. The molecule has 1 amide bonds. The van der Waals surface area contributed by atoms with Crippen molar-refractivity contribution < 1.29 is 14.3 Å². The SMILES string of the molecule is COc1cc2c(cc1OC)CN(C(=O)c1cc(N3CCCC3)ncn1)CC2. The predicted octanol–water partition coefficient (Wildman–Crippen LogP) is 2.29. The van der Waals surface area contributed by atoms with Crippen molar-refractivity contribution in [3.8, 4) is 11.5 Å². The van der Waals surface area contributed by atoms with Crippen LogP contribution in [-0.4, -0.2) is 54.6 Å². The van der Waals surface area contributed by atoms with E-state index in [0.717, 1.165) is 36.6 Å². The first-order valence-corrected chi connectivity index (χ1v) is 9.29. The van der Waals surface area contributed by atoms with Crippen LogP contribution in [0.25, 0.3) is 0 Å². The standard InChI is InChI=1S/C20H24N4O3/c1-26-17-9-14-5-8-24(12-15(14)10-18(17)27-2)20(25)16-11-19(22-13-21-16)23-6-3-4-7-23/h9-11,13H,3-8,12H2,1-2H3. The quantitative estimate of drug-likeness (QED) is 0.825. The van der Waals surface area contributed by atoms with Crippen LogP contribution in [0, 0.1) is 0 Å². The van der Waals surface area contributed by atoms with Gasteiger partial charge in [0.2, 0.25) is 0 Å². The number of hydrogen-bond acceptors (Lipinski definition) is 6. The Morgan fingerprint density at radius 1 is 0.963 bits per heavy atom. The minimum absolute atomic E-state index is 0.0571. The van der Waals surface area contributed by atoms with E-state index in [-0.39, 0.29) is 5.91 Å². The second-order valence-corrected chi connectivity index (χ2v) is 6.91. The number of methoxy groups -OCH3 is 2. The Morgan fingerprint density at radius 3 is 2.37 bits per heavy atom. The Hall–Kier alpha value is -2.83. The zero-order valence-corrected chi connectivity index (χ0v) is 15.8. The van der Waals surface area contributed by atoms with Crippen molar-refractivity contribution in [2.75, 3.05) is 38.8 Å². The molecule has 1 aromatic carbocycles. The monoisotopic (exact) mass is 368 g/mol. The van der Waals surface area contributed by atoms with E-state index in [2.05, 4.69) is 14.9 Å². The van der Waals surface area contributed by atoms with Gasteiger partial charge in [-0.05, 0) is 42.5 Å². The Morgan fingerprint density at radius 2 is 1.67 bits per heavy atom. The third-order valence-electron chi connectivity index (χ3n) is 5.31. The third-order valence-corrected chi connectivity index (χ3v) is 5.31. The molecule has 0 N–H and O–H groups in total. The maximum atomic E-state index is 13.0. The fourth-order valence-corrected chi connectivity index (χ4v) is 3.80. The van der Waals surface area contributed by atoms with Crippen molar-refractivity contribution in [2.24, 2.45) is 0 Å². The summed E-state index contributed by atoms with van der Waals surface area (Å²) in [5, 5.41) is 0. The normalized spacial score (nSPS) is 16.2. The van der Waals surface area contributed by atoms with E-state index in [0.29, 0.717) is 24.5 Å². The molecule has 3 heterocycles. The number of carbonyl (C=O) groups is 1. The Balaban J connectivity index is 1.55. The summed E-state index contributed by atoms with van der Waals surface area (Å²) in [4.78, 5) is 25.6. The maximum Gasteiger partial charge on any atom is 0.272 e. The minimum Gasteiger partial charge on any atom is -0.493 e. The van der Waals surface area contributed by atoms with Crippen LogP contribution in [0.2, 0.25) is 0 Å². The summed E-state index contributed by atoms with van der Waals surface area (Å²) in [6, 6.07) is 5.78. The summed E-state index contributed by atoms with van der Waals surface area (Å²) >= 11 is 0. The van der Waals surface area contributed by atoms with Gasteiger partial charge < -0.3 is 19.3 Å². The summed E-state index contributed by atoms with van der Waals surface area (Å²) in [5.74, 6) is 2.19. The highest BCUT2D eigenvalue weighted by Crippen LogP contribution is 2.33. The summed E-state index contributed by atoms with van der Waals surface area (Å²) < 4.78 is 10.8. The number of amides is 1. The average molecular weight is 368 g/mol. The molecule has 27 heavy (non-hydrogen) atoms. The van der Waals surface area contributed by atoms with Gasteiger partial charge in [-0.2, -0.15) is 0 Å². The molecule has 7 nitrogen and oxygen atoms in total. The molecule has 2 aromatic rings. The van der Waals surface area contributed by atoms with Crippen molar-refractivity contribution in [1.29, 1.82) is 0 Å². The van der Waals surface area contributed by atoms with Gasteiger partial charge in [-0.15, -0.1) is 0 Å². The van der Waals surface area contributed by atoms with Gasteiger partial charge in [-0.3, -0.25) is 4.79 Å². The van der Waals surface area contributed by atoms with Crippen LogP contribution in [0.3, 0.4) is 0 Å². The van der Waals surface area contributed by atoms with Gasteiger partial charge in [0.15, 0.2) is 11.5 Å². The minimum atomic E-state index is -0.0571. The van der Waals surface area contributed by atoms with Crippen molar-refractivity contribution in [3.05, 3.63) is 41.3 Å². The molecule has 142 valence electrons. The molecule has 2 aliphatic rings. The summed E-state index contributed by atoms with van der Waals surface area (Å²) in [5.41, 5.74) is 2.73. The van der Waals surface area contributed by atoms with Gasteiger partial charge in [0.1, 0.15) is 17.8 Å². The average Bonchev–Trinajstić information content (AvgIpc) is 3.26. The molecule has 1 saturated heterocycles. The second kappa shape index (κ2) is 7.42. The fraction of sp³-hybridized carbons (Fsp3) is 0.450. The fourth-order valence-electron chi connectivity index (χ4n) is 3.80. The van der Waals surface area contributed by atoms with E-state index in [9.17, 15) is 4.79 Å². The summed E-state index contributed by atoms with van der Waals surface area (Å²) in [6.45, 7) is 3.18. The number of anilines is 1. The summed E-state index contributed by atoms with van der Waals surface area (Å²) in [6.07, 6.45) is 4.61. The zero-order valence-electron chi connectivity index (χ0n) is 15.8. The predicted molar refractivity (Wildman–Crippen MR) is 101 cm³/mol. The van der Waals surface area contributed by atoms with Crippen molar-refractivity contribution in [2.45, 2.75) is 25.8 Å². The van der Waals surface area contributed by atoms with Crippen LogP contribution in [0.15, 0.2) is 24.5 Å². The molecule has 7 heteroatoms. The number of hydrogen-bond donors (Lipinski definition) is 0. The van der Waals surface area contributed by atoms with Gasteiger partial charge in [-0.25, -0.2) is 9.97 Å². The summed E-state index contributed by atoms with van der Waals surface area (Å²) in [7, 11) is 3.26. The van der Waals surface area contributed by atoms with E-state index < -0.39 is 0 Å². The van der Waals surface area contributed by atoms with Gasteiger partial charge in [0.05, 0.1) is 14.2 Å². The molecule has 0 unspecified atom stereocenters. The number of nitrogens with zero attached hydrogens (tertiary/aromatic N) is 4. The number of fused-ring (bicyclic) bond motifs is 1. The van der Waals surface area contributed by atoms with E-state index in [4.69, 9.17) is 9.47 Å². The molecular weight excluding hydrogens is 344 g/mol. The zero-order chi connectivity index (χ0) is 18.8. The number of aromatic nitrogens is 2. The largest absolute Gasteiger partial charge is 0.493 e. The molecule has 0 bridgehead atoms. The Bertz CT molecular complexity index is 849. The van der Waals surface area contributed by atoms with E-state index in [1.54, 1.807) is 14.2 Å². The first kappa shape index (κ1) is 17.6. The van der Waals surface area contributed by atoms with Gasteiger partial charge in [-0.1, -0.05) is 0 Å². The first-order chi connectivity index (χ1) is 13.2. The van der Waals surface area contributed by atoms with Crippen LogP contribution in [-0.2, 0) is 13.0 Å². The van der Waals surface area contributed by atoms with E-state index in [1.807, 2.05) is 23.1 Å². The van der Waals surface area contributed by atoms with Crippen molar-refractivity contribution in [1.82, 2.24) is 14.9 Å². The number of carbonyl (C=O) groups excluding carboxylic acids is 1. The number of rotatable bonds is 4. The van der Waals surface area contributed by atoms with E-state index in [1.165, 1.54) is 24.7 Å². The molecule has 0 saturated carbocycles. The molecule has 2 aliphatic heterocycles. The molecule has 4 rings (SSSR count). The van der Waals surface area contributed by atoms with Crippen molar-refractivity contribution >= 4 is 11.7 Å². The molecule has 0 aliphatic carbocycles. The highest BCUT2D eigenvalue weighted by molar-refractivity contribution is 5.93. The second-order valence-electron chi connectivity index (χ2n) is 6.91. The Kier molecular flexibility index (Phi) is 4.83. The van der Waals surface area contributed by atoms with E-state index >= 15 is 0 Å². The van der Waals surface area contributed by atoms with Crippen LogP contribution < -0.4 is 14.4 Å². The van der Waals surface area contributed by atoms with Gasteiger partial charge in [0.25, 0.3) is 5.91 Å². The molecule has 0 radical (unpaired) electrons. The maximum absolute atomic E-state index is 13.0. The molecule has 0 atom stereocenters. The van der Waals surface area contributed by atoms with Crippen molar-refractivity contribution in [3.63, 3.8) is 0 Å². The lowest BCUT2D eigenvalue weighted by atomic mass is 9.98. The van der Waals surface area contributed by atoms with Crippen LogP contribution in [0.4, 0.5) is 5.82 Å². The number of benzene rings is 1. The van der Waals surface area contributed by atoms with Crippen LogP contribution in [0.1, 0.15) is 34.5 Å². The molecule has 0 spiro atoms. The molecule has 1 fully saturated rings.